The molecule has 1 heterocycles. The number of hydrogen-bond acceptors (Lipinski definition) is 4. The van der Waals surface area contributed by atoms with E-state index in [9.17, 15) is 0 Å². The maximum absolute atomic E-state index is 5.02. The average Bonchev–Trinajstić information content (AvgIpc) is 3.01. The van der Waals surface area contributed by atoms with E-state index in [2.05, 4.69) is 15.1 Å². The second-order valence-electron chi connectivity index (χ2n) is 6.27. The summed E-state index contributed by atoms with van der Waals surface area (Å²) < 4.78 is 5.02. The van der Waals surface area contributed by atoms with Crippen molar-refractivity contribution in [3.05, 3.63) is 0 Å². The number of methoxy groups -OCH3 is 1. The van der Waals surface area contributed by atoms with Crippen molar-refractivity contribution in [2.45, 2.75) is 44.6 Å². The first-order valence-corrected chi connectivity index (χ1v) is 8.56. The zero-order valence-corrected chi connectivity index (χ0v) is 13.3. The highest BCUT2D eigenvalue weighted by Crippen LogP contribution is 2.24. The fourth-order valence-electron chi connectivity index (χ4n) is 3.51. The number of rotatable bonds is 9. The topological polar surface area (TPSA) is 27.7 Å². The van der Waals surface area contributed by atoms with Gasteiger partial charge in [0, 0.05) is 45.9 Å². The molecule has 4 heteroatoms. The average molecular weight is 283 g/mol. The third-order valence-electron chi connectivity index (χ3n) is 4.81. The van der Waals surface area contributed by atoms with Gasteiger partial charge in [-0.05, 0) is 38.8 Å². The highest BCUT2D eigenvalue weighted by molar-refractivity contribution is 4.81. The molecule has 1 saturated carbocycles. The van der Waals surface area contributed by atoms with Crippen LogP contribution >= 0.6 is 0 Å². The molecule has 0 aromatic heterocycles. The Balaban J connectivity index is 1.45. The maximum Gasteiger partial charge on any atom is 0.0587 e. The van der Waals surface area contributed by atoms with Crippen molar-refractivity contribution in [2.75, 3.05) is 59.5 Å². The van der Waals surface area contributed by atoms with Gasteiger partial charge in [-0.15, -0.1) is 0 Å². The van der Waals surface area contributed by atoms with E-state index in [0.29, 0.717) is 0 Å². The van der Waals surface area contributed by atoms with E-state index in [0.717, 1.165) is 25.7 Å². The van der Waals surface area contributed by atoms with Crippen LogP contribution in [-0.4, -0.2) is 75.4 Å². The lowest BCUT2D eigenvalue weighted by molar-refractivity contribution is 0.0968. The lowest BCUT2D eigenvalue weighted by atomic mass is 10.1. The molecule has 0 aromatic carbocycles. The molecule has 118 valence electrons. The molecule has 0 atom stereocenters. The summed E-state index contributed by atoms with van der Waals surface area (Å²) in [7, 11) is 1.76. The van der Waals surface area contributed by atoms with E-state index >= 15 is 0 Å². The summed E-state index contributed by atoms with van der Waals surface area (Å²) in [6.45, 7) is 9.39. The molecular formula is C16H33N3O. The van der Waals surface area contributed by atoms with Gasteiger partial charge in [0.25, 0.3) is 0 Å². The molecule has 20 heavy (non-hydrogen) atoms. The van der Waals surface area contributed by atoms with Crippen molar-refractivity contribution in [2.24, 2.45) is 0 Å². The molecule has 0 aromatic rings. The fourth-order valence-corrected chi connectivity index (χ4v) is 3.51. The van der Waals surface area contributed by atoms with Crippen LogP contribution in [0.3, 0.4) is 0 Å². The molecule has 2 rings (SSSR count). The number of ether oxygens (including phenoxy) is 1. The number of nitrogens with zero attached hydrogens (tertiary/aromatic N) is 2. The first kappa shape index (κ1) is 16.2. The molecule has 1 aliphatic heterocycles. The Morgan fingerprint density at radius 3 is 2.45 bits per heavy atom. The highest BCUT2D eigenvalue weighted by atomic mass is 16.5. The Hall–Kier alpha value is -0.160. The SMILES string of the molecule is COCCNCCCCN1CCN(C2CCCC2)CC1. The van der Waals surface area contributed by atoms with E-state index in [4.69, 9.17) is 4.74 Å². The van der Waals surface area contributed by atoms with E-state index in [1.807, 2.05) is 0 Å². The molecule has 2 fully saturated rings. The second-order valence-corrected chi connectivity index (χ2v) is 6.27. The first-order chi connectivity index (χ1) is 9.90. The van der Waals surface area contributed by atoms with Crippen LogP contribution in [0.4, 0.5) is 0 Å². The summed E-state index contributed by atoms with van der Waals surface area (Å²) in [5, 5.41) is 3.42. The zero-order chi connectivity index (χ0) is 14.0. The first-order valence-electron chi connectivity index (χ1n) is 8.56. The molecule has 4 nitrogen and oxygen atoms in total. The molecule has 0 unspecified atom stereocenters. The number of unbranched alkanes of at least 4 members (excludes halogenated alkanes) is 1. The lowest BCUT2D eigenvalue weighted by Gasteiger charge is -2.38. The van der Waals surface area contributed by atoms with Crippen LogP contribution in [0, 0.1) is 0 Å². The predicted molar refractivity (Wildman–Crippen MR) is 84.2 cm³/mol. The highest BCUT2D eigenvalue weighted by Gasteiger charge is 2.25. The zero-order valence-electron chi connectivity index (χ0n) is 13.3. The van der Waals surface area contributed by atoms with E-state index in [1.54, 1.807) is 7.11 Å². The van der Waals surface area contributed by atoms with Crippen LogP contribution in [0.25, 0.3) is 0 Å². The standard InChI is InChI=1S/C16H33N3O/c1-20-15-9-17-8-4-5-10-18-11-13-19(14-12-18)16-6-2-3-7-16/h16-17H,2-15H2,1H3. The quantitative estimate of drug-likeness (QED) is 0.650. The smallest absolute Gasteiger partial charge is 0.0587 e. The molecule has 0 radical (unpaired) electrons. The van der Waals surface area contributed by atoms with Gasteiger partial charge in [0.1, 0.15) is 0 Å². The van der Waals surface area contributed by atoms with Gasteiger partial charge in [-0.3, -0.25) is 4.90 Å². The summed E-state index contributed by atoms with van der Waals surface area (Å²) in [4.78, 5) is 5.40. The van der Waals surface area contributed by atoms with E-state index < -0.39 is 0 Å². The second kappa shape index (κ2) is 9.72. The summed E-state index contributed by atoms with van der Waals surface area (Å²) >= 11 is 0. The van der Waals surface area contributed by atoms with Crippen LogP contribution < -0.4 is 5.32 Å². The van der Waals surface area contributed by atoms with Crippen molar-refractivity contribution in [1.82, 2.24) is 15.1 Å². The van der Waals surface area contributed by atoms with Crippen molar-refractivity contribution < 1.29 is 4.74 Å². The molecule has 1 N–H and O–H groups in total. The number of hydrogen-bond donors (Lipinski definition) is 1. The van der Waals surface area contributed by atoms with Crippen LogP contribution in [0.1, 0.15) is 38.5 Å². The Labute approximate surface area is 124 Å². The normalized spacial score (nSPS) is 22.6. The van der Waals surface area contributed by atoms with Crippen LogP contribution in [0.2, 0.25) is 0 Å². The minimum atomic E-state index is 0.823. The van der Waals surface area contributed by atoms with Gasteiger partial charge in [0.2, 0.25) is 0 Å². The minimum absolute atomic E-state index is 0.823. The van der Waals surface area contributed by atoms with E-state index in [1.165, 1.54) is 71.2 Å². The van der Waals surface area contributed by atoms with Crippen LogP contribution in [-0.2, 0) is 4.74 Å². The molecular weight excluding hydrogens is 250 g/mol. The van der Waals surface area contributed by atoms with Crippen LogP contribution in [0.5, 0.6) is 0 Å². The summed E-state index contributed by atoms with van der Waals surface area (Å²) in [5.74, 6) is 0. The monoisotopic (exact) mass is 283 g/mol. The van der Waals surface area contributed by atoms with Gasteiger partial charge >= 0.3 is 0 Å². The van der Waals surface area contributed by atoms with Gasteiger partial charge in [0.15, 0.2) is 0 Å². The van der Waals surface area contributed by atoms with E-state index in [-0.39, 0.29) is 0 Å². The van der Waals surface area contributed by atoms with Gasteiger partial charge in [-0.25, -0.2) is 0 Å². The molecule has 2 aliphatic rings. The third kappa shape index (κ3) is 5.68. The van der Waals surface area contributed by atoms with Crippen LogP contribution in [0.15, 0.2) is 0 Å². The number of piperazine rings is 1. The fraction of sp³-hybridized carbons (Fsp3) is 1.00. The van der Waals surface area contributed by atoms with Gasteiger partial charge in [-0.2, -0.15) is 0 Å². The van der Waals surface area contributed by atoms with Crippen molar-refractivity contribution in [3.63, 3.8) is 0 Å². The minimum Gasteiger partial charge on any atom is -0.383 e. The predicted octanol–water partition coefficient (Wildman–Crippen LogP) is 1.56. The van der Waals surface area contributed by atoms with Gasteiger partial charge < -0.3 is 15.0 Å². The molecule has 1 aliphatic carbocycles. The van der Waals surface area contributed by atoms with Gasteiger partial charge in [-0.1, -0.05) is 12.8 Å². The third-order valence-corrected chi connectivity index (χ3v) is 4.81. The maximum atomic E-state index is 5.02. The van der Waals surface area contributed by atoms with Crippen molar-refractivity contribution in [3.8, 4) is 0 Å². The molecule has 0 amide bonds. The lowest BCUT2D eigenvalue weighted by Crippen LogP contribution is -2.49. The Morgan fingerprint density at radius 1 is 1.00 bits per heavy atom. The summed E-state index contributed by atoms with van der Waals surface area (Å²) in [6.07, 6.45) is 8.43. The van der Waals surface area contributed by atoms with Gasteiger partial charge in [0.05, 0.1) is 6.61 Å². The molecule has 0 bridgehead atoms. The van der Waals surface area contributed by atoms with Crippen molar-refractivity contribution >= 4 is 0 Å². The molecule has 1 saturated heterocycles. The Bertz CT molecular complexity index is 236. The summed E-state index contributed by atoms with van der Waals surface area (Å²) in [5.41, 5.74) is 0. The summed E-state index contributed by atoms with van der Waals surface area (Å²) in [6, 6.07) is 0.919. The molecule has 0 spiro atoms. The largest absolute Gasteiger partial charge is 0.383 e. The Kier molecular flexibility index (Phi) is 7.88. The Morgan fingerprint density at radius 2 is 1.75 bits per heavy atom. The van der Waals surface area contributed by atoms with Crippen molar-refractivity contribution in [1.29, 1.82) is 0 Å². The number of nitrogens with one attached hydrogen (secondary N) is 1.